The second-order valence-corrected chi connectivity index (χ2v) is 8.97. The zero-order valence-electron chi connectivity index (χ0n) is 20.4. The molecule has 9 heteroatoms. The Morgan fingerprint density at radius 2 is 1.42 bits per heavy atom. The SMILES string of the molecule is O=C(OC(C(=O)c1ccc(C(F)(F)F)cc1)c1ccccc1)C1CCN(C(=O)OCc2ccccc2)CC1. The van der Waals surface area contributed by atoms with Gasteiger partial charge in [-0.2, -0.15) is 13.2 Å². The van der Waals surface area contributed by atoms with Gasteiger partial charge in [0.1, 0.15) is 6.61 Å². The van der Waals surface area contributed by atoms with Crippen LogP contribution in [-0.4, -0.2) is 35.8 Å². The van der Waals surface area contributed by atoms with E-state index in [1.165, 1.54) is 4.90 Å². The van der Waals surface area contributed by atoms with Crippen LogP contribution in [0, 0.1) is 5.92 Å². The second kappa shape index (κ2) is 11.9. The molecule has 0 saturated carbocycles. The van der Waals surface area contributed by atoms with Crippen molar-refractivity contribution in [2.24, 2.45) is 5.92 Å². The molecule has 1 saturated heterocycles. The van der Waals surface area contributed by atoms with E-state index in [1.54, 1.807) is 30.3 Å². The van der Waals surface area contributed by atoms with Gasteiger partial charge in [-0.25, -0.2) is 4.79 Å². The van der Waals surface area contributed by atoms with E-state index in [9.17, 15) is 27.6 Å². The molecule has 3 aromatic rings. The van der Waals surface area contributed by atoms with E-state index >= 15 is 0 Å². The van der Waals surface area contributed by atoms with Gasteiger partial charge in [0.2, 0.25) is 5.78 Å². The Kier molecular flexibility index (Phi) is 8.45. The number of piperidine rings is 1. The quantitative estimate of drug-likeness (QED) is 0.271. The van der Waals surface area contributed by atoms with E-state index in [-0.39, 0.29) is 25.3 Å². The number of nitrogens with zero attached hydrogens (tertiary/aromatic N) is 1. The molecule has 1 aliphatic rings. The van der Waals surface area contributed by atoms with E-state index in [4.69, 9.17) is 9.47 Å². The van der Waals surface area contributed by atoms with Gasteiger partial charge in [-0.15, -0.1) is 0 Å². The molecule has 0 spiro atoms. The summed E-state index contributed by atoms with van der Waals surface area (Å²) in [6.45, 7) is 0.721. The number of ketones is 1. The van der Waals surface area contributed by atoms with Crippen LogP contribution in [0.5, 0.6) is 0 Å². The fourth-order valence-electron chi connectivity index (χ4n) is 4.20. The number of carbonyl (C=O) groups is 3. The van der Waals surface area contributed by atoms with Crippen molar-refractivity contribution in [3.63, 3.8) is 0 Å². The number of amides is 1. The molecule has 0 N–H and O–H groups in total. The van der Waals surface area contributed by atoms with Gasteiger partial charge in [0.05, 0.1) is 11.5 Å². The van der Waals surface area contributed by atoms with E-state index in [2.05, 4.69) is 0 Å². The predicted octanol–water partition coefficient (Wildman–Crippen LogP) is 6.22. The second-order valence-electron chi connectivity index (χ2n) is 8.97. The van der Waals surface area contributed by atoms with Gasteiger partial charge in [0.25, 0.3) is 0 Å². The maximum atomic E-state index is 13.2. The number of hydrogen-bond donors (Lipinski definition) is 0. The lowest BCUT2D eigenvalue weighted by Gasteiger charge is -2.31. The maximum absolute atomic E-state index is 13.2. The van der Waals surface area contributed by atoms with Crippen molar-refractivity contribution in [2.75, 3.05) is 13.1 Å². The summed E-state index contributed by atoms with van der Waals surface area (Å²) >= 11 is 0. The van der Waals surface area contributed by atoms with Crippen molar-refractivity contribution < 1.29 is 37.0 Å². The van der Waals surface area contributed by atoms with Crippen LogP contribution in [0.2, 0.25) is 0 Å². The van der Waals surface area contributed by atoms with Crippen LogP contribution in [-0.2, 0) is 27.1 Å². The molecule has 0 bridgehead atoms. The summed E-state index contributed by atoms with van der Waals surface area (Å²) in [6.07, 6.45) is -5.66. The number of ether oxygens (including phenoxy) is 2. The number of Topliss-reactive ketones (excluding diaryl/α,β-unsaturated/α-hetero) is 1. The fraction of sp³-hybridized carbons (Fsp3) is 0.276. The van der Waals surface area contributed by atoms with Crippen LogP contribution >= 0.6 is 0 Å². The standard InChI is InChI=1S/C29H26F3NO5/c30-29(31,32)24-13-11-21(12-14-24)25(34)26(22-9-5-2-6-10-22)38-27(35)23-15-17-33(18-16-23)28(36)37-19-20-7-3-1-4-8-20/h1-14,23,26H,15-19H2. The minimum absolute atomic E-state index is 0.00404. The van der Waals surface area contributed by atoms with Gasteiger partial charge in [0.15, 0.2) is 6.10 Å². The van der Waals surface area contributed by atoms with E-state index < -0.39 is 41.6 Å². The van der Waals surface area contributed by atoms with Crippen LogP contribution in [0.4, 0.5) is 18.0 Å². The van der Waals surface area contributed by atoms with Gasteiger partial charge >= 0.3 is 18.2 Å². The third kappa shape index (κ3) is 6.79. The summed E-state index contributed by atoms with van der Waals surface area (Å²) in [5, 5.41) is 0. The Morgan fingerprint density at radius 1 is 0.842 bits per heavy atom. The maximum Gasteiger partial charge on any atom is 0.416 e. The first-order chi connectivity index (χ1) is 18.2. The molecule has 1 fully saturated rings. The van der Waals surface area contributed by atoms with Gasteiger partial charge in [-0.1, -0.05) is 72.8 Å². The molecule has 0 aromatic heterocycles. The Balaban J connectivity index is 1.38. The number of esters is 1. The summed E-state index contributed by atoms with van der Waals surface area (Å²) in [6, 6.07) is 21.4. The van der Waals surface area contributed by atoms with Crippen LogP contribution in [0.3, 0.4) is 0 Å². The lowest BCUT2D eigenvalue weighted by molar-refractivity contribution is -0.154. The smallest absolute Gasteiger partial charge is 0.416 e. The van der Waals surface area contributed by atoms with Gasteiger partial charge in [-0.3, -0.25) is 9.59 Å². The molecular formula is C29H26F3NO5. The van der Waals surface area contributed by atoms with Gasteiger partial charge in [0, 0.05) is 24.2 Å². The topological polar surface area (TPSA) is 72.9 Å². The van der Waals surface area contributed by atoms with Crippen molar-refractivity contribution in [1.82, 2.24) is 4.90 Å². The van der Waals surface area contributed by atoms with Crippen LogP contribution in [0.25, 0.3) is 0 Å². The lowest BCUT2D eigenvalue weighted by atomic mass is 9.96. The molecule has 38 heavy (non-hydrogen) atoms. The molecule has 0 radical (unpaired) electrons. The first-order valence-electron chi connectivity index (χ1n) is 12.1. The normalized spacial score (nSPS) is 15.0. The predicted molar refractivity (Wildman–Crippen MR) is 132 cm³/mol. The van der Waals surface area contributed by atoms with Crippen molar-refractivity contribution in [3.05, 3.63) is 107 Å². The molecule has 1 atom stereocenters. The highest BCUT2D eigenvalue weighted by atomic mass is 19.4. The molecule has 198 valence electrons. The largest absolute Gasteiger partial charge is 0.449 e. The van der Waals surface area contributed by atoms with E-state index in [0.717, 1.165) is 29.8 Å². The Morgan fingerprint density at radius 3 is 2.00 bits per heavy atom. The number of alkyl halides is 3. The Labute approximate surface area is 218 Å². The minimum atomic E-state index is -4.53. The first kappa shape index (κ1) is 26.9. The average molecular weight is 526 g/mol. The summed E-state index contributed by atoms with van der Waals surface area (Å²) in [7, 11) is 0. The highest BCUT2D eigenvalue weighted by Crippen LogP contribution is 2.31. The van der Waals surface area contributed by atoms with Crippen molar-refractivity contribution in [1.29, 1.82) is 0 Å². The average Bonchev–Trinajstić information content (AvgIpc) is 2.95. The van der Waals surface area contributed by atoms with Crippen LogP contribution < -0.4 is 0 Å². The zero-order valence-corrected chi connectivity index (χ0v) is 20.4. The summed E-state index contributed by atoms with van der Waals surface area (Å²) in [4.78, 5) is 40.2. The van der Waals surface area contributed by atoms with Crippen molar-refractivity contribution in [3.8, 4) is 0 Å². The van der Waals surface area contributed by atoms with Gasteiger partial charge < -0.3 is 14.4 Å². The number of halogens is 3. The number of likely N-dealkylation sites (tertiary alicyclic amines) is 1. The van der Waals surface area contributed by atoms with Gasteiger partial charge in [-0.05, 0) is 30.5 Å². The molecule has 0 aliphatic carbocycles. The molecule has 3 aromatic carbocycles. The number of hydrogen-bond acceptors (Lipinski definition) is 5. The molecule has 1 amide bonds. The van der Waals surface area contributed by atoms with Crippen molar-refractivity contribution in [2.45, 2.75) is 31.7 Å². The third-order valence-corrected chi connectivity index (χ3v) is 6.36. The molecule has 6 nitrogen and oxygen atoms in total. The van der Waals surface area contributed by atoms with Crippen molar-refractivity contribution >= 4 is 17.8 Å². The highest BCUT2D eigenvalue weighted by Gasteiger charge is 2.34. The van der Waals surface area contributed by atoms with E-state index in [1.807, 2.05) is 30.3 Å². The highest BCUT2D eigenvalue weighted by molar-refractivity contribution is 6.01. The molecule has 1 aliphatic heterocycles. The fourth-order valence-corrected chi connectivity index (χ4v) is 4.20. The number of benzene rings is 3. The van der Waals surface area contributed by atoms with E-state index in [0.29, 0.717) is 18.4 Å². The summed E-state index contributed by atoms with van der Waals surface area (Å²) < 4.78 is 49.8. The molecule has 1 unspecified atom stereocenters. The lowest BCUT2D eigenvalue weighted by Crippen LogP contribution is -2.41. The number of rotatable bonds is 7. The van der Waals surface area contributed by atoms with Crippen LogP contribution in [0.15, 0.2) is 84.9 Å². The molecule has 1 heterocycles. The zero-order chi connectivity index (χ0) is 27.1. The third-order valence-electron chi connectivity index (χ3n) is 6.36. The molecule has 4 rings (SSSR count). The monoisotopic (exact) mass is 525 g/mol. The van der Waals surface area contributed by atoms with Crippen LogP contribution in [0.1, 0.15) is 46.0 Å². The minimum Gasteiger partial charge on any atom is -0.449 e. The summed E-state index contributed by atoms with van der Waals surface area (Å²) in [5.74, 6) is -1.77. The molecular weight excluding hydrogens is 499 g/mol. The first-order valence-corrected chi connectivity index (χ1v) is 12.1. The number of carbonyl (C=O) groups excluding carboxylic acids is 3. The Hall–Kier alpha value is -4.14. The Bertz CT molecular complexity index is 1240. The summed E-state index contributed by atoms with van der Waals surface area (Å²) in [5.41, 5.74) is 0.392.